The van der Waals surface area contributed by atoms with E-state index < -0.39 is 0 Å². The lowest BCUT2D eigenvalue weighted by Crippen LogP contribution is -2.27. The second-order valence-corrected chi connectivity index (χ2v) is 7.70. The van der Waals surface area contributed by atoms with Gasteiger partial charge >= 0.3 is 0 Å². The third kappa shape index (κ3) is 4.93. The van der Waals surface area contributed by atoms with E-state index in [-0.39, 0.29) is 12.5 Å². The van der Waals surface area contributed by atoms with Crippen LogP contribution in [0.15, 0.2) is 72.8 Å². The van der Waals surface area contributed by atoms with E-state index in [0.29, 0.717) is 22.9 Å². The average Bonchev–Trinajstić information content (AvgIpc) is 2.89. The third-order valence-electron chi connectivity index (χ3n) is 5.58. The van der Waals surface area contributed by atoms with Crippen molar-refractivity contribution < 1.29 is 14.3 Å². The van der Waals surface area contributed by atoms with Crippen LogP contribution in [-0.4, -0.2) is 36.6 Å². The van der Waals surface area contributed by atoms with Crippen LogP contribution in [0.3, 0.4) is 0 Å². The van der Waals surface area contributed by atoms with Gasteiger partial charge in [0.1, 0.15) is 5.82 Å². The number of benzene rings is 3. The van der Waals surface area contributed by atoms with Crippen molar-refractivity contribution in [1.82, 2.24) is 15.3 Å². The first kappa shape index (κ1) is 23.0. The van der Waals surface area contributed by atoms with Gasteiger partial charge in [-0.1, -0.05) is 48.5 Å². The topological polar surface area (TPSA) is 76.6 Å². The second-order valence-electron chi connectivity index (χ2n) is 7.70. The Morgan fingerprint density at radius 2 is 1.68 bits per heavy atom. The SMILES string of the molecule is CCN(Cc1ccccc1)c1nc(CNC(=O)c2cccc(OC)c2OC)nc2ccccc12. The van der Waals surface area contributed by atoms with Gasteiger partial charge in [-0.05, 0) is 36.8 Å². The number of nitrogens with one attached hydrogen (secondary N) is 1. The zero-order valence-electron chi connectivity index (χ0n) is 19.6. The molecule has 0 saturated carbocycles. The molecule has 0 spiro atoms. The molecule has 0 radical (unpaired) electrons. The summed E-state index contributed by atoms with van der Waals surface area (Å²) < 4.78 is 10.7. The molecule has 0 aliphatic carbocycles. The summed E-state index contributed by atoms with van der Waals surface area (Å²) in [7, 11) is 3.05. The molecular formula is C27H28N4O3. The molecule has 0 aliphatic heterocycles. The predicted octanol–water partition coefficient (Wildman–Crippen LogP) is 4.60. The third-order valence-corrected chi connectivity index (χ3v) is 5.58. The number of rotatable bonds is 9. The largest absolute Gasteiger partial charge is 0.493 e. The summed E-state index contributed by atoms with van der Waals surface area (Å²) in [6.45, 7) is 3.80. The monoisotopic (exact) mass is 456 g/mol. The highest BCUT2D eigenvalue weighted by atomic mass is 16.5. The number of hydrogen-bond acceptors (Lipinski definition) is 6. The van der Waals surface area contributed by atoms with Crippen LogP contribution in [0.25, 0.3) is 10.9 Å². The first-order valence-corrected chi connectivity index (χ1v) is 11.2. The molecule has 0 bridgehead atoms. The lowest BCUT2D eigenvalue weighted by Gasteiger charge is -2.24. The molecule has 0 aliphatic rings. The van der Waals surface area contributed by atoms with Crippen molar-refractivity contribution >= 4 is 22.6 Å². The normalized spacial score (nSPS) is 10.7. The van der Waals surface area contributed by atoms with Crippen molar-refractivity contribution in [3.8, 4) is 11.5 Å². The molecule has 7 heteroatoms. The van der Waals surface area contributed by atoms with E-state index in [1.54, 1.807) is 25.3 Å². The number of anilines is 1. The molecular weight excluding hydrogens is 428 g/mol. The lowest BCUT2D eigenvalue weighted by molar-refractivity contribution is 0.0946. The Hall–Kier alpha value is -4.13. The summed E-state index contributed by atoms with van der Waals surface area (Å²) in [6, 6.07) is 23.4. The lowest BCUT2D eigenvalue weighted by atomic mass is 10.1. The maximum atomic E-state index is 12.9. The highest BCUT2D eigenvalue weighted by Crippen LogP contribution is 2.30. The zero-order valence-corrected chi connectivity index (χ0v) is 19.6. The summed E-state index contributed by atoms with van der Waals surface area (Å²) in [5.41, 5.74) is 2.43. The molecule has 0 atom stereocenters. The van der Waals surface area contributed by atoms with Crippen LogP contribution >= 0.6 is 0 Å². The van der Waals surface area contributed by atoms with Crippen LogP contribution in [0.4, 0.5) is 5.82 Å². The Balaban J connectivity index is 1.62. The number of ether oxygens (including phenoxy) is 2. The molecule has 1 amide bonds. The van der Waals surface area contributed by atoms with Crippen LogP contribution in [-0.2, 0) is 13.1 Å². The minimum Gasteiger partial charge on any atom is -0.493 e. The Bertz CT molecular complexity index is 1280. The van der Waals surface area contributed by atoms with Crippen molar-refractivity contribution in [2.75, 3.05) is 25.7 Å². The minimum absolute atomic E-state index is 0.180. The molecule has 1 heterocycles. The van der Waals surface area contributed by atoms with E-state index in [4.69, 9.17) is 19.4 Å². The summed E-state index contributed by atoms with van der Waals surface area (Å²) in [5.74, 6) is 1.99. The average molecular weight is 457 g/mol. The number of carbonyl (C=O) groups is 1. The second kappa shape index (κ2) is 10.7. The van der Waals surface area contributed by atoms with Gasteiger partial charge in [0.25, 0.3) is 5.91 Å². The van der Waals surface area contributed by atoms with E-state index in [9.17, 15) is 4.79 Å². The first-order chi connectivity index (χ1) is 16.6. The smallest absolute Gasteiger partial charge is 0.255 e. The van der Waals surface area contributed by atoms with Crippen LogP contribution < -0.4 is 19.7 Å². The van der Waals surface area contributed by atoms with Crippen molar-refractivity contribution in [3.05, 3.63) is 89.7 Å². The predicted molar refractivity (Wildman–Crippen MR) is 133 cm³/mol. The molecule has 4 rings (SSSR count). The number of methoxy groups -OCH3 is 2. The van der Waals surface area contributed by atoms with E-state index in [0.717, 1.165) is 29.8 Å². The van der Waals surface area contributed by atoms with E-state index >= 15 is 0 Å². The van der Waals surface area contributed by atoms with Gasteiger partial charge in [-0.15, -0.1) is 0 Å². The molecule has 174 valence electrons. The van der Waals surface area contributed by atoms with Gasteiger partial charge in [0, 0.05) is 18.5 Å². The molecule has 0 saturated heterocycles. The number of aromatic nitrogens is 2. The molecule has 34 heavy (non-hydrogen) atoms. The van der Waals surface area contributed by atoms with Gasteiger partial charge in [-0.3, -0.25) is 4.79 Å². The van der Waals surface area contributed by atoms with Gasteiger partial charge in [-0.25, -0.2) is 9.97 Å². The minimum atomic E-state index is -0.286. The maximum absolute atomic E-state index is 12.9. The fraction of sp³-hybridized carbons (Fsp3) is 0.222. The number of hydrogen-bond donors (Lipinski definition) is 1. The van der Waals surface area contributed by atoms with Crippen LogP contribution in [0.1, 0.15) is 28.7 Å². The molecule has 3 aromatic carbocycles. The number of carbonyl (C=O) groups excluding carboxylic acids is 1. The number of nitrogens with zero attached hydrogens (tertiary/aromatic N) is 3. The number of para-hydroxylation sites is 2. The Morgan fingerprint density at radius 1 is 0.912 bits per heavy atom. The van der Waals surface area contributed by atoms with Crippen molar-refractivity contribution in [2.45, 2.75) is 20.0 Å². The number of fused-ring (bicyclic) bond motifs is 1. The van der Waals surface area contributed by atoms with Crippen LogP contribution in [0, 0.1) is 0 Å². The van der Waals surface area contributed by atoms with Crippen molar-refractivity contribution in [3.63, 3.8) is 0 Å². The molecule has 1 aromatic heterocycles. The van der Waals surface area contributed by atoms with Gasteiger partial charge in [-0.2, -0.15) is 0 Å². The molecule has 0 fully saturated rings. The van der Waals surface area contributed by atoms with Gasteiger partial charge in [0.15, 0.2) is 17.3 Å². The maximum Gasteiger partial charge on any atom is 0.255 e. The van der Waals surface area contributed by atoms with Crippen LogP contribution in [0.2, 0.25) is 0 Å². The van der Waals surface area contributed by atoms with Gasteiger partial charge in [0.2, 0.25) is 0 Å². The van der Waals surface area contributed by atoms with Crippen molar-refractivity contribution in [2.24, 2.45) is 0 Å². The molecule has 0 unspecified atom stereocenters. The summed E-state index contributed by atoms with van der Waals surface area (Å²) >= 11 is 0. The van der Waals surface area contributed by atoms with Crippen LogP contribution in [0.5, 0.6) is 11.5 Å². The fourth-order valence-electron chi connectivity index (χ4n) is 3.89. The molecule has 7 nitrogen and oxygen atoms in total. The van der Waals surface area contributed by atoms with Gasteiger partial charge < -0.3 is 19.7 Å². The van der Waals surface area contributed by atoms with E-state index in [1.807, 2.05) is 42.5 Å². The summed E-state index contributed by atoms with van der Waals surface area (Å²) in [6.07, 6.45) is 0. The molecule has 4 aromatic rings. The van der Waals surface area contributed by atoms with E-state index in [1.165, 1.54) is 12.7 Å². The Kier molecular flexibility index (Phi) is 7.22. The summed E-state index contributed by atoms with van der Waals surface area (Å²) in [5, 5.41) is 3.90. The molecule has 1 N–H and O–H groups in total. The highest BCUT2D eigenvalue weighted by Gasteiger charge is 2.18. The standard InChI is InChI=1S/C27H28N4O3/c1-4-31(18-19-11-6-5-7-12-19)26-20-13-8-9-15-22(20)29-24(30-26)17-28-27(32)21-14-10-16-23(33-2)25(21)34-3/h5-16H,4,17-18H2,1-3H3,(H,28,32). The summed E-state index contributed by atoms with van der Waals surface area (Å²) in [4.78, 5) is 24.7. The first-order valence-electron chi connectivity index (χ1n) is 11.2. The quantitative estimate of drug-likeness (QED) is 0.397. The fourth-order valence-corrected chi connectivity index (χ4v) is 3.89. The van der Waals surface area contributed by atoms with Gasteiger partial charge in [0.05, 0.1) is 31.8 Å². The van der Waals surface area contributed by atoms with Crippen molar-refractivity contribution in [1.29, 1.82) is 0 Å². The van der Waals surface area contributed by atoms with E-state index in [2.05, 4.69) is 29.3 Å². The zero-order chi connectivity index (χ0) is 23.9. The highest BCUT2D eigenvalue weighted by molar-refractivity contribution is 5.97. The number of amides is 1. The Labute approximate surface area is 199 Å². The Morgan fingerprint density at radius 3 is 2.41 bits per heavy atom.